The van der Waals surface area contributed by atoms with Crippen LogP contribution < -0.4 is 16.0 Å². The van der Waals surface area contributed by atoms with E-state index in [2.05, 4.69) is 4.98 Å². The number of benzene rings is 1. The van der Waals surface area contributed by atoms with E-state index >= 15 is 0 Å². The molecule has 31 heavy (non-hydrogen) atoms. The second-order valence-corrected chi connectivity index (χ2v) is 7.99. The van der Waals surface area contributed by atoms with Gasteiger partial charge < -0.3 is 14.2 Å². The largest absolute Gasteiger partial charge is 0.491 e. The first kappa shape index (κ1) is 21.2. The predicted octanol–water partition coefficient (Wildman–Crippen LogP) is 2.40. The van der Waals surface area contributed by atoms with Gasteiger partial charge in [-0.05, 0) is 43.4 Å². The number of amides is 1. The van der Waals surface area contributed by atoms with Crippen molar-refractivity contribution in [3.05, 3.63) is 62.9 Å². The highest BCUT2D eigenvalue weighted by Gasteiger charge is 2.48. The number of nitrogens with zero attached hydrogens (tertiary/aromatic N) is 2. The third kappa shape index (κ3) is 4.52. The molecule has 2 aliphatic rings. The van der Waals surface area contributed by atoms with E-state index < -0.39 is 23.0 Å². The summed E-state index contributed by atoms with van der Waals surface area (Å²) in [6.07, 6.45) is -0.345. The number of hydrogen-bond acceptors (Lipinski definition) is 4. The molecule has 166 valence electrons. The SMILES string of the molecule is O=C(CCn1ccc(=O)[nH]c1=O)N1[C@@H]2CC[C@@H](C2)[C@@H]1COc1cccc(C(F)(F)F)c1. The molecule has 1 saturated carbocycles. The Kier molecular flexibility index (Phi) is 5.63. The Hall–Kier alpha value is -3.04. The van der Waals surface area contributed by atoms with E-state index in [0.717, 1.165) is 31.4 Å². The summed E-state index contributed by atoms with van der Waals surface area (Å²) in [5, 5.41) is 0. The molecule has 2 aromatic rings. The lowest BCUT2D eigenvalue weighted by Gasteiger charge is -2.35. The average Bonchev–Trinajstić information content (AvgIpc) is 3.32. The molecule has 2 bridgehead atoms. The minimum Gasteiger partial charge on any atom is -0.491 e. The number of aromatic amines is 1. The Morgan fingerprint density at radius 3 is 2.74 bits per heavy atom. The molecular formula is C21H22F3N3O4. The molecular weight excluding hydrogens is 415 g/mol. The summed E-state index contributed by atoms with van der Waals surface area (Å²) >= 11 is 0. The highest BCUT2D eigenvalue weighted by molar-refractivity contribution is 5.77. The molecule has 1 N–H and O–H groups in total. The van der Waals surface area contributed by atoms with E-state index in [9.17, 15) is 27.6 Å². The Balaban J connectivity index is 1.42. The molecule has 1 aromatic heterocycles. The van der Waals surface area contributed by atoms with Crippen LogP contribution in [0.1, 0.15) is 31.2 Å². The molecule has 3 atom stereocenters. The van der Waals surface area contributed by atoms with Gasteiger partial charge in [-0.3, -0.25) is 14.6 Å². The van der Waals surface area contributed by atoms with Gasteiger partial charge in [-0.25, -0.2) is 4.79 Å². The fraction of sp³-hybridized carbons (Fsp3) is 0.476. The first-order valence-electron chi connectivity index (χ1n) is 10.1. The van der Waals surface area contributed by atoms with Crippen LogP contribution in [-0.2, 0) is 17.5 Å². The fourth-order valence-corrected chi connectivity index (χ4v) is 4.61. The molecule has 0 radical (unpaired) electrons. The molecule has 1 saturated heterocycles. The number of aromatic nitrogens is 2. The van der Waals surface area contributed by atoms with Crippen molar-refractivity contribution in [1.29, 1.82) is 0 Å². The highest BCUT2D eigenvalue weighted by atomic mass is 19.4. The number of alkyl halides is 3. The number of halogens is 3. The first-order chi connectivity index (χ1) is 14.7. The maximum atomic E-state index is 12.9. The highest BCUT2D eigenvalue weighted by Crippen LogP contribution is 2.43. The minimum atomic E-state index is -4.45. The zero-order valence-electron chi connectivity index (χ0n) is 16.6. The summed E-state index contributed by atoms with van der Waals surface area (Å²) in [7, 11) is 0. The number of nitrogens with one attached hydrogen (secondary N) is 1. The molecule has 1 aliphatic heterocycles. The third-order valence-electron chi connectivity index (χ3n) is 6.07. The van der Waals surface area contributed by atoms with Crippen molar-refractivity contribution in [3.63, 3.8) is 0 Å². The summed E-state index contributed by atoms with van der Waals surface area (Å²) in [4.78, 5) is 39.8. The Labute approximate surface area is 175 Å². The normalized spacial score (nSPS) is 22.7. The Morgan fingerprint density at radius 1 is 1.19 bits per heavy atom. The molecule has 10 heteroatoms. The van der Waals surface area contributed by atoms with E-state index in [4.69, 9.17) is 4.74 Å². The van der Waals surface area contributed by atoms with Gasteiger partial charge in [-0.1, -0.05) is 6.07 Å². The summed E-state index contributed by atoms with van der Waals surface area (Å²) in [6, 6.07) is 5.80. The molecule has 0 unspecified atom stereocenters. The van der Waals surface area contributed by atoms with Gasteiger partial charge >= 0.3 is 11.9 Å². The van der Waals surface area contributed by atoms with Gasteiger partial charge in [-0.15, -0.1) is 0 Å². The minimum absolute atomic E-state index is 0.0786. The number of likely N-dealkylation sites (tertiary alicyclic amines) is 1. The standard InChI is InChI=1S/C21H22F3N3O4/c22-21(23,24)14-2-1-3-16(11-14)31-12-17-13-4-5-15(10-13)27(17)19(29)7-9-26-8-6-18(28)25-20(26)30/h1-3,6,8,11,13,15,17H,4-5,7,9-10,12H2,(H,25,28,30)/t13-,15+,17-/m0/s1. The van der Waals surface area contributed by atoms with Crippen LogP contribution >= 0.6 is 0 Å². The van der Waals surface area contributed by atoms with Crippen molar-refractivity contribution in [2.45, 2.75) is 50.5 Å². The third-order valence-corrected chi connectivity index (χ3v) is 6.07. The van der Waals surface area contributed by atoms with Gasteiger partial charge in [0.05, 0.1) is 11.6 Å². The molecule has 0 spiro atoms. The second kappa shape index (κ2) is 8.24. The van der Waals surface area contributed by atoms with Crippen LogP contribution in [0.15, 0.2) is 46.1 Å². The summed E-state index contributed by atoms with van der Waals surface area (Å²) < 4.78 is 45.7. The lowest BCUT2D eigenvalue weighted by atomic mass is 9.99. The zero-order chi connectivity index (χ0) is 22.2. The first-order valence-corrected chi connectivity index (χ1v) is 10.1. The number of piperidine rings is 1. The zero-order valence-corrected chi connectivity index (χ0v) is 16.6. The van der Waals surface area contributed by atoms with Crippen LogP contribution in [0.5, 0.6) is 5.75 Å². The number of ether oxygens (including phenoxy) is 1. The van der Waals surface area contributed by atoms with E-state index in [1.807, 2.05) is 0 Å². The van der Waals surface area contributed by atoms with Crippen molar-refractivity contribution < 1.29 is 22.7 Å². The molecule has 1 amide bonds. The number of rotatable bonds is 6. The van der Waals surface area contributed by atoms with Crippen LogP contribution in [0.25, 0.3) is 0 Å². The lowest BCUT2D eigenvalue weighted by Crippen LogP contribution is -2.48. The van der Waals surface area contributed by atoms with Gasteiger partial charge in [0.25, 0.3) is 5.56 Å². The Bertz CT molecular complexity index is 1080. The maximum Gasteiger partial charge on any atom is 0.416 e. The molecule has 4 rings (SSSR count). The van der Waals surface area contributed by atoms with Crippen molar-refractivity contribution in [3.8, 4) is 5.75 Å². The number of carbonyl (C=O) groups excluding carboxylic acids is 1. The van der Waals surface area contributed by atoms with Crippen LogP contribution in [0.2, 0.25) is 0 Å². The van der Waals surface area contributed by atoms with Crippen molar-refractivity contribution in [2.75, 3.05) is 6.61 Å². The number of hydrogen-bond donors (Lipinski definition) is 1. The van der Waals surface area contributed by atoms with Crippen molar-refractivity contribution in [2.24, 2.45) is 5.92 Å². The van der Waals surface area contributed by atoms with Gasteiger partial charge in [0.1, 0.15) is 12.4 Å². The van der Waals surface area contributed by atoms with E-state index in [1.165, 1.54) is 29.0 Å². The average molecular weight is 437 g/mol. The number of H-pyrrole nitrogens is 1. The van der Waals surface area contributed by atoms with Crippen molar-refractivity contribution >= 4 is 5.91 Å². The number of carbonyl (C=O) groups is 1. The number of aryl methyl sites for hydroxylation is 1. The fourth-order valence-electron chi connectivity index (χ4n) is 4.61. The monoisotopic (exact) mass is 437 g/mol. The molecule has 2 fully saturated rings. The van der Waals surface area contributed by atoms with Gasteiger partial charge in [0, 0.05) is 31.3 Å². The van der Waals surface area contributed by atoms with Gasteiger partial charge in [0.2, 0.25) is 5.91 Å². The summed E-state index contributed by atoms with van der Waals surface area (Å²) in [5.41, 5.74) is -1.86. The smallest absolute Gasteiger partial charge is 0.416 e. The topological polar surface area (TPSA) is 84.4 Å². The van der Waals surface area contributed by atoms with Crippen LogP contribution in [-0.4, -0.2) is 39.0 Å². The molecule has 1 aliphatic carbocycles. The Morgan fingerprint density at radius 2 is 2.00 bits per heavy atom. The predicted molar refractivity (Wildman–Crippen MR) is 105 cm³/mol. The summed E-state index contributed by atoms with van der Waals surface area (Å²) in [6.45, 7) is 0.246. The quantitative estimate of drug-likeness (QED) is 0.752. The van der Waals surface area contributed by atoms with Crippen LogP contribution in [0, 0.1) is 5.92 Å². The number of fused-ring (bicyclic) bond motifs is 2. The van der Waals surface area contributed by atoms with E-state index in [1.54, 1.807) is 4.90 Å². The lowest BCUT2D eigenvalue weighted by molar-refractivity contribution is -0.137. The molecule has 2 heterocycles. The molecule has 1 aromatic carbocycles. The maximum absolute atomic E-state index is 12.9. The van der Waals surface area contributed by atoms with Crippen LogP contribution in [0.3, 0.4) is 0 Å². The van der Waals surface area contributed by atoms with Gasteiger partial charge in [-0.2, -0.15) is 13.2 Å². The van der Waals surface area contributed by atoms with E-state index in [-0.39, 0.29) is 49.2 Å². The van der Waals surface area contributed by atoms with E-state index in [0.29, 0.717) is 0 Å². The second-order valence-electron chi connectivity index (χ2n) is 7.99. The summed E-state index contributed by atoms with van der Waals surface area (Å²) in [5.74, 6) is 0.225. The van der Waals surface area contributed by atoms with Crippen LogP contribution in [0.4, 0.5) is 13.2 Å². The van der Waals surface area contributed by atoms with Crippen molar-refractivity contribution in [1.82, 2.24) is 14.5 Å². The molecule has 7 nitrogen and oxygen atoms in total. The van der Waals surface area contributed by atoms with Gasteiger partial charge in [0.15, 0.2) is 0 Å².